The van der Waals surface area contributed by atoms with Crippen LogP contribution >= 0.6 is 11.8 Å². The number of aryl methyl sites for hydroxylation is 1. The Balaban J connectivity index is 1.82. The maximum atomic E-state index is 10.3. The van der Waals surface area contributed by atoms with Crippen LogP contribution in [0.3, 0.4) is 0 Å². The molecule has 0 aliphatic carbocycles. The predicted molar refractivity (Wildman–Crippen MR) is 123 cm³/mol. The smallest absolute Gasteiger partial charge is 0.199 e. The van der Waals surface area contributed by atoms with Gasteiger partial charge in [0.1, 0.15) is 28.9 Å². The lowest BCUT2D eigenvalue weighted by molar-refractivity contribution is 0.118. The Morgan fingerprint density at radius 3 is 2.94 bits per heavy atom. The summed E-state index contributed by atoms with van der Waals surface area (Å²) >= 11 is 1.89. The summed E-state index contributed by atoms with van der Waals surface area (Å²) in [6.45, 7) is 8.57. The SMILES string of the molecule is CCn1c(-c2nonc2N)nc2c(C#CC(C)(O)CC)ncc(OCC3CNCCS3)c21. The number of hydrogen-bond donors (Lipinski definition) is 3. The van der Waals surface area contributed by atoms with E-state index in [1.54, 1.807) is 13.1 Å². The average molecular weight is 458 g/mol. The second-order valence-electron chi connectivity index (χ2n) is 7.73. The molecular weight excluding hydrogens is 430 g/mol. The van der Waals surface area contributed by atoms with E-state index in [1.807, 2.05) is 30.2 Å². The summed E-state index contributed by atoms with van der Waals surface area (Å²) in [5, 5.41) is 21.7. The largest absolute Gasteiger partial charge is 0.488 e. The van der Waals surface area contributed by atoms with Crippen LogP contribution in [0.2, 0.25) is 0 Å². The number of rotatable bonds is 6. The fraction of sp³-hybridized carbons (Fsp3) is 0.524. The van der Waals surface area contributed by atoms with E-state index in [-0.39, 0.29) is 5.82 Å². The fourth-order valence-electron chi connectivity index (χ4n) is 3.34. The lowest BCUT2D eigenvalue weighted by Crippen LogP contribution is -2.36. The molecule has 0 bridgehead atoms. The molecule has 3 aromatic rings. The summed E-state index contributed by atoms with van der Waals surface area (Å²) in [6.07, 6.45) is 2.16. The van der Waals surface area contributed by atoms with Gasteiger partial charge in [0, 0.05) is 25.4 Å². The van der Waals surface area contributed by atoms with Gasteiger partial charge >= 0.3 is 0 Å². The molecular formula is C21H27N7O3S. The van der Waals surface area contributed by atoms with Gasteiger partial charge in [-0.3, -0.25) is 0 Å². The minimum absolute atomic E-state index is 0.150. The Hall–Kier alpha value is -2.81. The van der Waals surface area contributed by atoms with Gasteiger partial charge in [-0.05, 0) is 36.5 Å². The summed E-state index contributed by atoms with van der Waals surface area (Å²) in [5.74, 6) is 8.18. The van der Waals surface area contributed by atoms with Crippen molar-refractivity contribution in [3.05, 3.63) is 11.9 Å². The second kappa shape index (κ2) is 9.36. The molecule has 0 radical (unpaired) electrons. The second-order valence-corrected chi connectivity index (χ2v) is 9.14. The number of pyridine rings is 1. The summed E-state index contributed by atoms with van der Waals surface area (Å²) in [4.78, 5) is 9.25. The number of nitrogens with two attached hydrogens (primary N) is 1. The van der Waals surface area contributed by atoms with Crippen LogP contribution in [0.4, 0.5) is 5.82 Å². The first-order chi connectivity index (χ1) is 15.4. The number of anilines is 1. The minimum Gasteiger partial charge on any atom is -0.488 e. The maximum absolute atomic E-state index is 10.3. The van der Waals surface area contributed by atoms with E-state index in [4.69, 9.17) is 20.1 Å². The molecule has 0 saturated carbocycles. The van der Waals surface area contributed by atoms with E-state index < -0.39 is 5.60 Å². The Labute approximate surface area is 190 Å². The number of fused-ring (bicyclic) bond motifs is 1. The van der Waals surface area contributed by atoms with Crippen LogP contribution in [0.5, 0.6) is 5.75 Å². The molecule has 4 rings (SSSR count). The highest BCUT2D eigenvalue weighted by Gasteiger charge is 2.24. The van der Waals surface area contributed by atoms with Crippen molar-refractivity contribution < 1.29 is 14.5 Å². The normalized spacial score (nSPS) is 18.2. The monoisotopic (exact) mass is 457 g/mol. The fourth-order valence-corrected chi connectivity index (χ4v) is 4.34. The molecule has 170 valence electrons. The van der Waals surface area contributed by atoms with Gasteiger partial charge in [0.25, 0.3) is 0 Å². The topological polar surface area (TPSA) is 137 Å². The van der Waals surface area contributed by atoms with Crippen molar-refractivity contribution in [2.45, 2.75) is 44.6 Å². The summed E-state index contributed by atoms with van der Waals surface area (Å²) < 4.78 is 12.9. The lowest BCUT2D eigenvalue weighted by atomic mass is 10.0. The molecule has 0 spiro atoms. The van der Waals surface area contributed by atoms with E-state index in [0.717, 1.165) is 24.4 Å². The molecule has 4 N–H and O–H groups in total. The summed E-state index contributed by atoms with van der Waals surface area (Å²) in [6, 6.07) is 0. The highest BCUT2D eigenvalue weighted by molar-refractivity contribution is 8.00. The zero-order valence-corrected chi connectivity index (χ0v) is 19.2. The van der Waals surface area contributed by atoms with E-state index in [2.05, 4.69) is 32.5 Å². The van der Waals surface area contributed by atoms with Gasteiger partial charge in [-0.2, -0.15) is 11.8 Å². The number of nitrogens with zero attached hydrogens (tertiary/aromatic N) is 5. The number of nitrogen functional groups attached to an aromatic ring is 1. The van der Waals surface area contributed by atoms with Gasteiger partial charge in [0.2, 0.25) is 0 Å². The molecule has 0 amide bonds. The molecule has 1 aliphatic heterocycles. The van der Waals surface area contributed by atoms with Gasteiger partial charge in [0.15, 0.2) is 23.1 Å². The van der Waals surface area contributed by atoms with E-state index in [9.17, 15) is 5.11 Å². The Morgan fingerprint density at radius 2 is 2.28 bits per heavy atom. The molecule has 2 unspecified atom stereocenters. The molecule has 1 fully saturated rings. The highest BCUT2D eigenvalue weighted by atomic mass is 32.2. The summed E-state index contributed by atoms with van der Waals surface area (Å²) in [5.41, 5.74) is 6.91. The van der Waals surface area contributed by atoms with Crippen LogP contribution in [-0.4, -0.2) is 66.3 Å². The first kappa shape index (κ1) is 22.4. The Kier molecular flexibility index (Phi) is 6.55. The van der Waals surface area contributed by atoms with Crippen LogP contribution in [0, 0.1) is 11.8 Å². The van der Waals surface area contributed by atoms with E-state index in [0.29, 0.717) is 53.3 Å². The van der Waals surface area contributed by atoms with Crippen LogP contribution in [0.1, 0.15) is 32.9 Å². The molecule has 0 aromatic carbocycles. The number of ether oxygens (including phenoxy) is 1. The third-order valence-corrected chi connectivity index (χ3v) is 6.56. The van der Waals surface area contributed by atoms with Crippen molar-refractivity contribution >= 4 is 28.6 Å². The number of aliphatic hydroxyl groups is 1. The first-order valence-corrected chi connectivity index (χ1v) is 11.7. The maximum Gasteiger partial charge on any atom is 0.199 e. The summed E-state index contributed by atoms with van der Waals surface area (Å²) in [7, 11) is 0. The van der Waals surface area contributed by atoms with Gasteiger partial charge < -0.3 is 25.5 Å². The minimum atomic E-state index is -1.12. The number of aromatic nitrogens is 5. The molecule has 2 atom stereocenters. The molecule has 3 aromatic heterocycles. The van der Waals surface area contributed by atoms with Crippen molar-refractivity contribution in [3.8, 4) is 29.1 Å². The number of hydrogen-bond acceptors (Lipinski definition) is 10. The number of imidazole rings is 1. The van der Waals surface area contributed by atoms with Gasteiger partial charge in [-0.1, -0.05) is 12.8 Å². The zero-order chi connectivity index (χ0) is 22.7. The van der Waals surface area contributed by atoms with Crippen LogP contribution in [0.25, 0.3) is 22.6 Å². The molecule has 4 heterocycles. The van der Waals surface area contributed by atoms with E-state index in [1.165, 1.54) is 0 Å². The number of thioether (sulfide) groups is 1. The highest BCUT2D eigenvalue weighted by Crippen LogP contribution is 2.33. The van der Waals surface area contributed by atoms with Crippen molar-refractivity contribution in [1.82, 2.24) is 30.2 Å². The zero-order valence-electron chi connectivity index (χ0n) is 18.4. The molecule has 11 heteroatoms. The van der Waals surface area contributed by atoms with Gasteiger partial charge in [-0.15, -0.1) is 0 Å². The molecule has 10 nitrogen and oxygen atoms in total. The van der Waals surface area contributed by atoms with Crippen molar-refractivity contribution in [2.24, 2.45) is 0 Å². The Bertz CT molecular complexity index is 1160. The van der Waals surface area contributed by atoms with Crippen LogP contribution < -0.4 is 15.8 Å². The number of nitrogens with one attached hydrogen (secondary N) is 1. The lowest BCUT2D eigenvalue weighted by Gasteiger charge is -2.22. The molecule has 1 aliphatic rings. The quantitative estimate of drug-likeness (QED) is 0.469. The third-order valence-electron chi connectivity index (χ3n) is 5.35. The van der Waals surface area contributed by atoms with Crippen LogP contribution in [0.15, 0.2) is 10.8 Å². The predicted octanol–water partition coefficient (Wildman–Crippen LogP) is 1.68. The van der Waals surface area contributed by atoms with Crippen LogP contribution in [-0.2, 0) is 6.54 Å². The standard InChI is InChI=1S/C21H27N7O3S/c1-4-21(3,29)7-6-14-16-18(15(11-24-14)30-12-13-10-23-8-9-32-13)28(5-2)20(25-16)17-19(22)27-31-26-17/h11,13,23,29H,4-5,8-10,12H2,1-3H3,(H2,22,27). The van der Waals surface area contributed by atoms with Gasteiger partial charge in [-0.25, -0.2) is 14.6 Å². The Morgan fingerprint density at radius 1 is 1.44 bits per heavy atom. The molecule has 32 heavy (non-hydrogen) atoms. The average Bonchev–Trinajstić information content (AvgIpc) is 3.40. The first-order valence-electron chi connectivity index (χ1n) is 10.6. The van der Waals surface area contributed by atoms with Gasteiger partial charge in [0.05, 0.1) is 11.4 Å². The third kappa shape index (κ3) is 4.53. The van der Waals surface area contributed by atoms with Crippen molar-refractivity contribution in [1.29, 1.82) is 0 Å². The van der Waals surface area contributed by atoms with Crippen molar-refractivity contribution in [2.75, 3.05) is 31.2 Å². The van der Waals surface area contributed by atoms with Crippen molar-refractivity contribution in [3.63, 3.8) is 0 Å². The van der Waals surface area contributed by atoms with E-state index >= 15 is 0 Å². The molecule has 1 saturated heterocycles.